The Bertz CT molecular complexity index is 1530. The Morgan fingerprint density at radius 3 is 2.35 bits per heavy atom. The molecule has 1 heterocycles. The highest BCUT2D eigenvalue weighted by Crippen LogP contribution is 2.30. The average molecular weight is 532 g/mol. The second-order valence-electron chi connectivity index (χ2n) is 8.85. The number of aromatic nitrogens is 2. The van der Waals surface area contributed by atoms with Gasteiger partial charge < -0.3 is 4.74 Å². The van der Waals surface area contributed by atoms with E-state index in [1.165, 1.54) is 30.3 Å². The number of halogens is 1. The molecule has 0 aliphatic heterocycles. The molecule has 0 saturated carbocycles. The molecule has 0 saturated heterocycles. The number of para-hydroxylation sites is 1. The van der Waals surface area contributed by atoms with Crippen LogP contribution < -0.4 is 4.74 Å². The lowest BCUT2D eigenvalue weighted by Crippen LogP contribution is -2.03. The molecular weight excluding hydrogens is 506 g/mol. The summed E-state index contributed by atoms with van der Waals surface area (Å²) in [4.78, 5) is -0.401. The molecule has 0 fully saturated rings. The maximum atomic E-state index is 13.2. The van der Waals surface area contributed by atoms with Crippen LogP contribution in [-0.2, 0) is 9.84 Å². The van der Waals surface area contributed by atoms with Gasteiger partial charge in [0.2, 0.25) is 9.84 Å². The van der Waals surface area contributed by atoms with Crippen molar-refractivity contribution in [2.45, 2.75) is 25.2 Å². The lowest BCUT2D eigenvalue weighted by atomic mass is 10.1. The van der Waals surface area contributed by atoms with Crippen LogP contribution in [0, 0.1) is 17.2 Å². The summed E-state index contributed by atoms with van der Waals surface area (Å²) < 4.78 is 33.9. The lowest BCUT2D eigenvalue weighted by Gasteiger charge is -2.08. The number of nitriles is 1. The molecule has 0 N–H and O–H groups in total. The summed E-state index contributed by atoms with van der Waals surface area (Å²) in [5, 5.41) is 15.0. The van der Waals surface area contributed by atoms with Crippen LogP contribution in [0.2, 0.25) is 5.02 Å². The molecule has 0 atom stereocenters. The van der Waals surface area contributed by atoms with Crippen molar-refractivity contribution in [2.24, 2.45) is 5.92 Å². The van der Waals surface area contributed by atoms with Crippen LogP contribution in [0.15, 0.2) is 94.9 Å². The third kappa shape index (κ3) is 6.29. The first-order valence-electron chi connectivity index (χ1n) is 11.8. The third-order valence-electron chi connectivity index (χ3n) is 5.67. The molecule has 0 radical (unpaired) electrons. The van der Waals surface area contributed by atoms with Gasteiger partial charge >= 0.3 is 0 Å². The number of nitrogens with zero attached hydrogens (tertiary/aromatic N) is 3. The minimum Gasteiger partial charge on any atom is -0.494 e. The van der Waals surface area contributed by atoms with Gasteiger partial charge in [-0.3, -0.25) is 0 Å². The SMILES string of the molecule is CC(C)CCOc1ccc(-c2nn(-c3ccccc3)cc2/C=C(/C#N)S(=O)(=O)c2ccc(Cl)cc2)cc1. The topological polar surface area (TPSA) is 85.0 Å². The van der Waals surface area contributed by atoms with Gasteiger partial charge in [-0.15, -0.1) is 0 Å². The highest BCUT2D eigenvalue weighted by atomic mass is 35.5. The minimum atomic E-state index is -4.06. The molecule has 1 aromatic heterocycles. The van der Waals surface area contributed by atoms with Crippen molar-refractivity contribution in [3.8, 4) is 28.8 Å². The zero-order valence-corrected chi connectivity index (χ0v) is 22.1. The molecule has 4 rings (SSSR count). The first-order valence-corrected chi connectivity index (χ1v) is 13.6. The Hall–Kier alpha value is -3.86. The summed E-state index contributed by atoms with van der Waals surface area (Å²) in [6.45, 7) is 4.92. The van der Waals surface area contributed by atoms with E-state index < -0.39 is 14.7 Å². The number of allylic oxidation sites excluding steroid dienone is 1. The van der Waals surface area contributed by atoms with Gasteiger partial charge in [-0.05, 0) is 79.1 Å². The van der Waals surface area contributed by atoms with Gasteiger partial charge in [0, 0.05) is 22.3 Å². The predicted octanol–water partition coefficient (Wildman–Crippen LogP) is 6.96. The predicted molar refractivity (Wildman–Crippen MR) is 146 cm³/mol. The fourth-order valence-electron chi connectivity index (χ4n) is 3.60. The lowest BCUT2D eigenvalue weighted by molar-refractivity contribution is 0.289. The van der Waals surface area contributed by atoms with Crippen molar-refractivity contribution >= 4 is 27.5 Å². The summed E-state index contributed by atoms with van der Waals surface area (Å²) in [5.41, 5.74) is 2.59. The van der Waals surface area contributed by atoms with Crippen LogP contribution in [0.3, 0.4) is 0 Å². The van der Waals surface area contributed by atoms with E-state index in [9.17, 15) is 13.7 Å². The molecule has 0 aliphatic rings. The van der Waals surface area contributed by atoms with E-state index in [1.807, 2.05) is 60.7 Å². The fraction of sp³-hybridized carbons (Fsp3) is 0.172. The van der Waals surface area contributed by atoms with Crippen LogP contribution in [0.25, 0.3) is 23.0 Å². The van der Waals surface area contributed by atoms with E-state index in [0.717, 1.165) is 23.4 Å². The van der Waals surface area contributed by atoms with Crippen molar-refractivity contribution in [2.75, 3.05) is 6.61 Å². The van der Waals surface area contributed by atoms with Crippen molar-refractivity contribution in [3.05, 3.63) is 101 Å². The van der Waals surface area contributed by atoms with E-state index in [0.29, 0.717) is 28.8 Å². The zero-order valence-electron chi connectivity index (χ0n) is 20.5. The highest BCUT2D eigenvalue weighted by molar-refractivity contribution is 7.95. The maximum absolute atomic E-state index is 13.2. The molecule has 0 amide bonds. The number of hydrogen-bond donors (Lipinski definition) is 0. The molecule has 37 heavy (non-hydrogen) atoms. The standard InChI is InChI=1S/C29H26ClN3O3S/c1-21(2)16-17-36-26-12-8-22(9-13-26)29-23(20-33(32-29)25-6-4-3-5-7-25)18-28(19-31)37(34,35)27-14-10-24(30)11-15-27/h3-15,18,20-21H,16-17H2,1-2H3/b28-18-. The van der Waals surface area contributed by atoms with E-state index in [2.05, 4.69) is 13.8 Å². The number of sulfone groups is 1. The molecule has 0 bridgehead atoms. The first-order chi connectivity index (χ1) is 17.8. The zero-order chi connectivity index (χ0) is 26.4. The summed E-state index contributed by atoms with van der Waals surface area (Å²) in [5.74, 6) is 1.29. The Morgan fingerprint density at radius 2 is 1.73 bits per heavy atom. The van der Waals surface area contributed by atoms with Gasteiger partial charge in [0.15, 0.2) is 0 Å². The Labute approximate surface area is 222 Å². The van der Waals surface area contributed by atoms with Crippen LogP contribution in [0.4, 0.5) is 0 Å². The molecule has 3 aromatic carbocycles. The molecule has 188 valence electrons. The molecule has 0 aliphatic carbocycles. The minimum absolute atomic E-state index is 0.00963. The molecule has 0 unspecified atom stereocenters. The first kappa shape index (κ1) is 26.2. The van der Waals surface area contributed by atoms with Gasteiger partial charge in [0.25, 0.3) is 0 Å². The quantitative estimate of drug-likeness (QED) is 0.218. The summed E-state index contributed by atoms with van der Waals surface area (Å²) in [6, 6.07) is 24.5. The van der Waals surface area contributed by atoms with Crippen molar-refractivity contribution < 1.29 is 13.2 Å². The van der Waals surface area contributed by atoms with Crippen LogP contribution in [-0.4, -0.2) is 24.8 Å². The Kier molecular flexibility index (Phi) is 8.12. The highest BCUT2D eigenvalue weighted by Gasteiger charge is 2.22. The summed E-state index contributed by atoms with van der Waals surface area (Å²) in [7, 11) is -4.06. The van der Waals surface area contributed by atoms with Crippen LogP contribution in [0.5, 0.6) is 5.75 Å². The molecule has 8 heteroatoms. The largest absolute Gasteiger partial charge is 0.494 e. The van der Waals surface area contributed by atoms with E-state index in [4.69, 9.17) is 21.4 Å². The van der Waals surface area contributed by atoms with Crippen molar-refractivity contribution in [1.82, 2.24) is 9.78 Å². The fourth-order valence-corrected chi connectivity index (χ4v) is 4.88. The van der Waals surface area contributed by atoms with Gasteiger partial charge in [-0.25, -0.2) is 13.1 Å². The van der Waals surface area contributed by atoms with Crippen molar-refractivity contribution in [3.63, 3.8) is 0 Å². The van der Waals surface area contributed by atoms with Gasteiger partial charge in [-0.1, -0.05) is 43.6 Å². The average Bonchev–Trinajstić information content (AvgIpc) is 3.32. The molecule has 4 aromatic rings. The van der Waals surface area contributed by atoms with Crippen LogP contribution >= 0.6 is 11.6 Å². The smallest absolute Gasteiger partial charge is 0.216 e. The van der Waals surface area contributed by atoms with Crippen LogP contribution in [0.1, 0.15) is 25.8 Å². The molecular formula is C29H26ClN3O3S. The molecule has 6 nitrogen and oxygen atoms in total. The van der Waals surface area contributed by atoms with Gasteiger partial charge in [-0.2, -0.15) is 10.4 Å². The number of hydrogen-bond acceptors (Lipinski definition) is 5. The van der Waals surface area contributed by atoms with Gasteiger partial charge in [0.05, 0.1) is 17.2 Å². The number of benzene rings is 3. The summed E-state index contributed by atoms with van der Waals surface area (Å²) >= 11 is 5.91. The Morgan fingerprint density at radius 1 is 1.05 bits per heavy atom. The number of ether oxygens (including phenoxy) is 1. The molecule has 0 spiro atoms. The maximum Gasteiger partial charge on any atom is 0.216 e. The van der Waals surface area contributed by atoms with Crippen molar-refractivity contribution in [1.29, 1.82) is 5.26 Å². The van der Waals surface area contributed by atoms with E-state index in [1.54, 1.807) is 10.9 Å². The van der Waals surface area contributed by atoms with Gasteiger partial charge in [0.1, 0.15) is 22.4 Å². The van der Waals surface area contributed by atoms with E-state index in [-0.39, 0.29) is 4.90 Å². The van der Waals surface area contributed by atoms with E-state index >= 15 is 0 Å². The third-order valence-corrected chi connectivity index (χ3v) is 7.60. The second-order valence-corrected chi connectivity index (χ2v) is 11.2. The Balaban J connectivity index is 1.76. The normalized spacial score (nSPS) is 11.9. The second kappa shape index (κ2) is 11.5. The number of rotatable bonds is 9. The monoisotopic (exact) mass is 531 g/mol. The summed E-state index contributed by atoms with van der Waals surface area (Å²) in [6.07, 6.45) is 4.03.